The molecule has 4 fully saturated rings. The summed E-state index contributed by atoms with van der Waals surface area (Å²) in [6.07, 6.45) is 11.7. The van der Waals surface area contributed by atoms with Crippen molar-refractivity contribution in [2.24, 2.45) is 28.6 Å². The molecule has 4 aliphatic rings. The Bertz CT molecular complexity index is 537. The molecule has 0 aromatic heterocycles. The van der Waals surface area contributed by atoms with Crippen LogP contribution in [0.4, 0.5) is 0 Å². The van der Waals surface area contributed by atoms with Crippen molar-refractivity contribution in [1.29, 1.82) is 0 Å². The quantitative estimate of drug-likeness (QED) is 0.539. The molecule has 1 aliphatic heterocycles. The molecule has 0 spiro atoms. The minimum Gasteiger partial charge on any atom is -0.352 e. The van der Waals surface area contributed by atoms with Gasteiger partial charge in [0.2, 0.25) is 0 Å². The molecular weight excluding hydrogens is 312 g/mol. The molecule has 3 saturated carbocycles. The summed E-state index contributed by atoms with van der Waals surface area (Å²) in [4.78, 5) is 11.3. The molecule has 140 valence electrons. The Balaban J connectivity index is 1.56. The van der Waals surface area contributed by atoms with Gasteiger partial charge in [-0.25, -0.2) is 0 Å². The zero-order chi connectivity index (χ0) is 17.7. The van der Waals surface area contributed by atoms with Crippen LogP contribution in [0.3, 0.4) is 0 Å². The van der Waals surface area contributed by atoms with Gasteiger partial charge in [0.05, 0.1) is 12.7 Å². The number of ether oxygens (including phenoxy) is 2. The second kappa shape index (κ2) is 6.49. The standard InChI is InChI=1S/C22H34O3/c1-15-8-9-18-21(2,17(15)11-13-23)12-10-19-22(18,3)14-24-20(25-19)16-6-4-5-7-16/h13,16-20H,1,4-12,14H2,2-3H3/t17-,18?,19-,20?,21+,22+/m1/s1. The minimum absolute atomic E-state index is 0.0225. The molecule has 4 rings (SSSR count). The fourth-order valence-electron chi connectivity index (χ4n) is 6.86. The number of carbonyl (C=O) groups is 1. The number of aldehydes is 1. The first-order valence-corrected chi connectivity index (χ1v) is 10.4. The Hall–Kier alpha value is -0.670. The van der Waals surface area contributed by atoms with Gasteiger partial charge >= 0.3 is 0 Å². The van der Waals surface area contributed by atoms with Crippen LogP contribution in [-0.4, -0.2) is 25.3 Å². The Kier molecular flexibility index (Phi) is 4.60. The Morgan fingerprint density at radius 1 is 1.16 bits per heavy atom. The monoisotopic (exact) mass is 346 g/mol. The lowest BCUT2D eigenvalue weighted by Crippen LogP contribution is -2.61. The molecule has 0 radical (unpaired) electrons. The van der Waals surface area contributed by atoms with Crippen LogP contribution in [0, 0.1) is 28.6 Å². The molecule has 0 N–H and O–H groups in total. The molecule has 0 aromatic rings. The van der Waals surface area contributed by atoms with Crippen LogP contribution >= 0.6 is 0 Å². The fourth-order valence-corrected chi connectivity index (χ4v) is 6.86. The number of allylic oxidation sites excluding steroid dienone is 1. The van der Waals surface area contributed by atoms with Crippen molar-refractivity contribution in [3.05, 3.63) is 12.2 Å². The summed E-state index contributed by atoms with van der Waals surface area (Å²) in [7, 11) is 0. The van der Waals surface area contributed by atoms with Crippen LogP contribution < -0.4 is 0 Å². The predicted molar refractivity (Wildman–Crippen MR) is 98.1 cm³/mol. The molecule has 25 heavy (non-hydrogen) atoms. The summed E-state index contributed by atoms with van der Waals surface area (Å²) in [6.45, 7) is 9.93. The molecule has 0 aromatic carbocycles. The topological polar surface area (TPSA) is 35.5 Å². The highest BCUT2D eigenvalue weighted by atomic mass is 16.7. The maximum atomic E-state index is 11.3. The van der Waals surface area contributed by atoms with Crippen LogP contribution in [0.2, 0.25) is 0 Å². The Morgan fingerprint density at radius 3 is 2.64 bits per heavy atom. The highest BCUT2D eigenvalue weighted by Crippen LogP contribution is 2.63. The van der Waals surface area contributed by atoms with Crippen molar-refractivity contribution < 1.29 is 14.3 Å². The van der Waals surface area contributed by atoms with E-state index in [4.69, 9.17) is 9.47 Å². The lowest BCUT2D eigenvalue weighted by molar-refractivity contribution is -0.315. The molecule has 3 aliphatic carbocycles. The van der Waals surface area contributed by atoms with Crippen LogP contribution in [-0.2, 0) is 14.3 Å². The molecule has 1 heterocycles. The van der Waals surface area contributed by atoms with Gasteiger partial charge in [0.1, 0.15) is 6.29 Å². The van der Waals surface area contributed by atoms with Gasteiger partial charge in [0, 0.05) is 17.8 Å². The predicted octanol–water partition coefficient (Wildman–Crippen LogP) is 4.90. The van der Waals surface area contributed by atoms with Crippen molar-refractivity contribution >= 4 is 6.29 Å². The summed E-state index contributed by atoms with van der Waals surface area (Å²) in [5, 5.41) is 0. The zero-order valence-electron chi connectivity index (χ0n) is 16.0. The van der Waals surface area contributed by atoms with Gasteiger partial charge in [-0.15, -0.1) is 0 Å². The first kappa shape index (κ1) is 17.7. The summed E-state index contributed by atoms with van der Waals surface area (Å²) in [5.41, 5.74) is 1.52. The van der Waals surface area contributed by atoms with Crippen LogP contribution in [0.25, 0.3) is 0 Å². The van der Waals surface area contributed by atoms with Crippen LogP contribution in [0.5, 0.6) is 0 Å². The second-order valence-electron chi connectivity index (χ2n) is 9.60. The molecule has 0 amide bonds. The van der Waals surface area contributed by atoms with Gasteiger partial charge in [0.25, 0.3) is 0 Å². The molecule has 6 atom stereocenters. The molecule has 3 nitrogen and oxygen atoms in total. The maximum absolute atomic E-state index is 11.3. The van der Waals surface area contributed by atoms with Crippen molar-refractivity contribution in [1.82, 2.24) is 0 Å². The van der Waals surface area contributed by atoms with Gasteiger partial charge in [-0.1, -0.05) is 38.8 Å². The number of hydrogen-bond acceptors (Lipinski definition) is 3. The molecule has 2 unspecified atom stereocenters. The summed E-state index contributed by atoms with van der Waals surface area (Å²) in [5.74, 6) is 1.49. The summed E-state index contributed by atoms with van der Waals surface area (Å²) in [6, 6.07) is 0. The van der Waals surface area contributed by atoms with E-state index in [0.29, 0.717) is 30.3 Å². The van der Waals surface area contributed by atoms with Crippen LogP contribution in [0.1, 0.15) is 71.6 Å². The lowest BCUT2D eigenvalue weighted by Gasteiger charge is -2.62. The largest absolute Gasteiger partial charge is 0.352 e. The molecule has 3 heteroatoms. The smallest absolute Gasteiger partial charge is 0.160 e. The molecule has 1 saturated heterocycles. The third-order valence-corrected chi connectivity index (χ3v) is 8.29. The number of carbonyl (C=O) groups excluding carboxylic acids is 1. The van der Waals surface area contributed by atoms with Crippen molar-refractivity contribution in [2.75, 3.05) is 6.61 Å². The van der Waals surface area contributed by atoms with Crippen molar-refractivity contribution in [3.8, 4) is 0 Å². The van der Waals surface area contributed by atoms with E-state index in [9.17, 15) is 4.79 Å². The van der Waals surface area contributed by atoms with Gasteiger partial charge in [-0.05, 0) is 55.8 Å². The van der Waals surface area contributed by atoms with E-state index in [2.05, 4.69) is 20.4 Å². The summed E-state index contributed by atoms with van der Waals surface area (Å²) >= 11 is 0. The van der Waals surface area contributed by atoms with E-state index in [1.165, 1.54) is 37.7 Å². The van der Waals surface area contributed by atoms with E-state index in [0.717, 1.165) is 32.2 Å². The van der Waals surface area contributed by atoms with E-state index >= 15 is 0 Å². The number of rotatable bonds is 3. The van der Waals surface area contributed by atoms with Gasteiger partial charge in [-0.3, -0.25) is 0 Å². The Morgan fingerprint density at radius 2 is 1.92 bits per heavy atom. The van der Waals surface area contributed by atoms with E-state index in [-0.39, 0.29) is 17.1 Å². The van der Waals surface area contributed by atoms with Gasteiger partial charge in [0.15, 0.2) is 6.29 Å². The third kappa shape index (κ3) is 2.73. The molecular formula is C22H34O3. The lowest BCUT2D eigenvalue weighted by atomic mass is 9.46. The summed E-state index contributed by atoms with van der Waals surface area (Å²) < 4.78 is 12.9. The van der Waals surface area contributed by atoms with E-state index < -0.39 is 0 Å². The van der Waals surface area contributed by atoms with Gasteiger partial charge in [-0.2, -0.15) is 0 Å². The zero-order valence-corrected chi connectivity index (χ0v) is 16.0. The highest BCUT2D eigenvalue weighted by Gasteiger charge is 2.60. The SMILES string of the molecule is C=C1CCC2[C@]3(C)COC(C4CCCC4)O[C@@H]3CC[C@@]2(C)[C@@H]1CC=O. The third-order valence-electron chi connectivity index (χ3n) is 8.29. The van der Waals surface area contributed by atoms with E-state index in [1.807, 2.05) is 0 Å². The fraction of sp³-hybridized carbons (Fsp3) is 0.864. The first-order valence-electron chi connectivity index (χ1n) is 10.4. The normalized spacial score (nSPS) is 48.0. The first-order chi connectivity index (χ1) is 12.0. The van der Waals surface area contributed by atoms with Gasteiger partial charge < -0.3 is 14.3 Å². The average molecular weight is 347 g/mol. The second-order valence-corrected chi connectivity index (χ2v) is 9.60. The maximum Gasteiger partial charge on any atom is 0.160 e. The number of fused-ring (bicyclic) bond motifs is 3. The Labute approximate surface area is 152 Å². The minimum atomic E-state index is 0.0225. The molecule has 0 bridgehead atoms. The highest BCUT2D eigenvalue weighted by molar-refractivity contribution is 5.51. The van der Waals surface area contributed by atoms with Crippen LogP contribution in [0.15, 0.2) is 12.2 Å². The van der Waals surface area contributed by atoms with Crippen molar-refractivity contribution in [2.45, 2.75) is 84.0 Å². The average Bonchev–Trinajstić information content (AvgIpc) is 3.12. The van der Waals surface area contributed by atoms with Crippen molar-refractivity contribution in [3.63, 3.8) is 0 Å². The number of hydrogen-bond donors (Lipinski definition) is 0. The van der Waals surface area contributed by atoms with E-state index in [1.54, 1.807) is 0 Å².